The third-order valence-corrected chi connectivity index (χ3v) is 3.74. The van der Waals surface area contributed by atoms with Crippen LogP contribution in [0.25, 0.3) is 0 Å². The molecule has 3 N–H and O–H groups in total. The fraction of sp³-hybridized carbons (Fsp3) is 0.250. The molecule has 0 aromatic heterocycles. The zero-order chi connectivity index (χ0) is 14.7. The van der Waals surface area contributed by atoms with E-state index in [1.807, 2.05) is 18.2 Å². The SMILES string of the molecule is COc1cc(Br)ccc1C(NN)c1cc(C)cc(C)c1. The first kappa shape index (κ1) is 15.0. The van der Waals surface area contributed by atoms with Gasteiger partial charge in [0, 0.05) is 10.0 Å². The second-order valence-electron chi connectivity index (χ2n) is 4.91. The van der Waals surface area contributed by atoms with Crippen LogP contribution in [0.3, 0.4) is 0 Å². The first-order valence-corrected chi connectivity index (χ1v) is 7.22. The van der Waals surface area contributed by atoms with E-state index in [-0.39, 0.29) is 6.04 Å². The lowest BCUT2D eigenvalue weighted by Gasteiger charge is -2.20. The molecule has 0 aliphatic heterocycles. The van der Waals surface area contributed by atoms with Crippen molar-refractivity contribution in [2.45, 2.75) is 19.9 Å². The zero-order valence-corrected chi connectivity index (χ0v) is 13.5. The maximum Gasteiger partial charge on any atom is 0.125 e. The number of nitrogens with one attached hydrogen (secondary N) is 1. The molecule has 0 aliphatic rings. The fourth-order valence-corrected chi connectivity index (χ4v) is 2.81. The number of rotatable bonds is 4. The van der Waals surface area contributed by atoms with E-state index in [0.29, 0.717) is 0 Å². The molecule has 0 fully saturated rings. The van der Waals surface area contributed by atoms with E-state index in [9.17, 15) is 0 Å². The molecule has 0 spiro atoms. The van der Waals surface area contributed by atoms with Crippen molar-refractivity contribution in [2.24, 2.45) is 5.84 Å². The molecular formula is C16H19BrN2O. The molecule has 1 unspecified atom stereocenters. The Hall–Kier alpha value is -1.36. The highest BCUT2D eigenvalue weighted by atomic mass is 79.9. The van der Waals surface area contributed by atoms with Gasteiger partial charge in [0.2, 0.25) is 0 Å². The molecule has 0 aliphatic carbocycles. The molecule has 0 radical (unpaired) electrons. The number of benzene rings is 2. The smallest absolute Gasteiger partial charge is 0.125 e. The summed E-state index contributed by atoms with van der Waals surface area (Å²) in [7, 11) is 1.67. The first-order valence-electron chi connectivity index (χ1n) is 6.43. The van der Waals surface area contributed by atoms with Crippen LogP contribution in [-0.4, -0.2) is 7.11 Å². The summed E-state index contributed by atoms with van der Waals surface area (Å²) in [4.78, 5) is 0. The monoisotopic (exact) mass is 334 g/mol. The Balaban J connectivity index is 2.52. The van der Waals surface area contributed by atoms with Crippen LogP contribution in [0.2, 0.25) is 0 Å². The highest BCUT2D eigenvalue weighted by Crippen LogP contribution is 2.32. The van der Waals surface area contributed by atoms with Gasteiger partial charge in [0.25, 0.3) is 0 Å². The van der Waals surface area contributed by atoms with E-state index < -0.39 is 0 Å². The predicted molar refractivity (Wildman–Crippen MR) is 85.8 cm³/mol. The van der Waals surface area contributed by atoms with Crippen LogP contribution in [-0.2, 0) is 0 Å². The molecule has 20 heavy (non-hydrogen) atoms. The van der Waals surface area contributed by atoms with Gasteiger partial charge in [-0.25, -0.2) is 5.43 Å². The van der Waals surface area contributed by atoms with E-state index >= 15 is 0 Å². The van der Waals surface area contributed by atoms with Gasteiger partial charge in [0.15, 0.2) is 0 Å². The maximum atomic E-state index is 5.78. The lowest BCUT2D eigenvalue weighted by molar-refractivity contribution is 0.404. The summed E-state index contributed by atoms with van der Waals surface area (Å²) in [5.41, 5.74) is 7.47. The molecule has 1 atom stereocenters. The Bertz CT molecular complexity index is 593. The second-order valence-corrected chi connectivity index (χ2v) is 5.82. The molecule has 0 saturated heterocycles. The van der Waals surface area contributed by atoms with E-state index in [0.717, 1.165) is 21.3 Å². The van der Waals surface area contributed by atoms with Crippen molar-refractivity contribution in [1.29, 1.82) is 0 Å². The summed E-state index contributed by atoms with van der Waals surface area (Å²) in [6.45, 7) is 4.17. The van der Waals surface area contributed by atoms with Gasteiger partial charge in [-0.2, -0.15) is 0 Å². The highest BCUT2D eigenvalue weighted by molar-refractivity contribution is 9.10. The number of hydrogen-bond donors (Lipinski definition) is 2. The van der Waals surface area contributed by atoms with Crippen molar-refractivity contribution in [2.75, 3.05) is 7.11 Å². The lowest BCUT2D eigenvalue weighted by atomic mass is 9.95. The molecule has 0 heterocycles. The normalized spacial score (nSPS) is 12.2. The molecule has 4 heteroatoms. The lowest BCUT2D eigenvalue weighted by Crippen LogP contribution is -2.29. The Morgan fingerprint density at radius 2 is 1.75 bits per heavy atom. The predicted octanol–water partition coefficient (Wildman–Crippen LogP) is 3.63. The van der Waals surface area contributed by atoms with Gasteiger partial charge in [0.1, 0.15) is 5.75 Å². The van der Waals surface area contributed by atoms with E-state index in [1.165, 1.54) is 11.1 Å². The molecule has 0 bridgehead atoms. The van der Waals surface area contributed by atoms with E-state index in [1.54, 1.807) is 7.11 Å². The number of nitrogens with two attached hydrogens (primary N) is 1. The van der Waals surface area contributed by atoms with Crippen molar-refractivity contribution >= 4 is 15.9 Å². The van der Waals surface area contributed by atoms with Gasteiger partial charge < -0.3 is 4.74 Å². The van der Waals surface area contributed by atoms with Crippen molar-refractivity contribution in [3.63, 3.8) is 0 Å². The number of hydrazine groups is 1. The third-order valence-electron chi connectivity index (χ3n) is 3.25. The van der Waals surface area contributed by atoms with Crippen LogP contribution in [0, 0.1) is 13.8 Å². The van der Waals surface area contributed by atoms with Crippen molar-refractivity contribution in [3.8, 4) is 5.75 Å². The van der Waals surface area contributed by atoms with Gasteiger partial charge in [-0.1, -0.05) is 51.3 Å². The van der Waals surface area contributed by atoms with Crippen molar-refractivity contribution < 1.29 is 4.74 Å². The average Bonchev–Trinajstić information content (AvgIpc) is 2.40. The molecular weight excluding hydrogens is 316 g/mol. The quantitative estimate of drug-likeness (QED) is 0.663. The Morgan fingerprint density at radius 1 is 1.10 bits per heavy atom. The molecule has 3 nitrogen and oxygen atoms in total. The van der Waals surface area contributed by atoms with Gasteiger partial charge in [0.05, 0.1) is 13.2 Å². The van der Waals surface area contributed by atoms with E-state index in [2.05, 4.69) is 53.4 Å². The summed E-state index contributed by atoms with van der Waals surface area (Å²) in [5, 5.41) is 0. The van der Waals surface area contributed by atoms with Crippen molar-refractivity contribution in [1.82, 2.24) is 5.43 Å². The molecule has 0 saturated carbocycles. The van der Waals surface area contributed by atoms with Crippen LogP contribution < -0.4 is 16.0 Å². The molecule has 2 aromatic carbocycles. The highest BCUT2D eigenvalue weighted by Gasteiger charge is 2.17. The Kier molecular flexibility index (Phi) is 4.81. The Morgan fingerprint density at radius 3 is 2.30 bits per heavy atom. The van der Waals surface area contributed by atoms with Gasteiger partial charge in [-0.15, -0.1) is 0 Å². The largest absolute Gasteiger partial charge is 0.496 e. The van der Waals surface area contributed by atoms with E-state index in [4.69, 9.17) is 10.6 Å². The van der Waals surface area contributed by atoms with Crippen LogP contribution in [0.5, 0.6) is 5.75 Å². The first-order chi connectivity index (χ1) is 9.55. The van der Waals surface area contributed by atoms with Crippen LogP contribution in [0.1, 0.15) is 28.3 Å². The van der Waals surface area contributed by atoms with Crippen molar-refractivity contribution in [3.05, 3.63) is 63.1 Å². The third kappa shape index (κ3) is 3.20. The van der Waals surface area contributed by atoms with Gasteiger partial charge in [-0.05, 0) is 31.5 Å². The molecule has 0 amide bonds. The number of ether oxygens (including phenoxy) is 1. The second kappa shape index (κ2) is 6.39. The number of aryl methyl sites for hydroxylation is 2. The number of methoxy groups -OCH3 is 1. The number of halogens is 1. The summed E-state index contributed by atoms with van der Waals surface area (Å²) in [6.07, 6.45) is 0. The standard InChI is InChI=1S/C16H19BrN2O/c1-10-6-11(2)8-12(7-10)16(19-18)14-5-4-13(17)9-15(14)20-3/h4-9,16,19H,18H2,1-3H3. The van der Waals surface area contributed by atoms with Gasteiger partial charge in [-0.3, -0.25) is 5.84 Å². The summed E-state index contributed by atoms with van der Waals surface area (Å²) in [5.74, 6) is 6.59. The van der Waals surface area contributed by atoms with Crippen LogP contribution in [0.15, 0.2) is 40.9 Å². The fourth-order valence-electron chi connectivity index (χ4n) is 2.47. The minimum absolute atomic E-state index is 0.100. The summed E-state index contributed by atoms with van der Waals surface area (Å²) >= 11 is 3.46. The zero-order valence-electron chi connectivity index (χ0n) is 11.9. The van der Waals surface area contributed by atoms with Crippen LogP contribution in [0.4, 0.5) is 0 Å². The average molecular weight is 335 g/mol. The molecule has 2 aromatic rings. The topological polar surface area (TPSA) is 47.3 Å². The molecule has 2 rings (SSSR count). The minimum atomic E-state index is -0.100. The summed E-state index contributed by atoms with van der Waals surface area (Å²) in [6, 6.07) is 12.3. The maximum absolute atomic E-state index is 5.78. The van der Waals surface area contributed by atoms with Crippen LogP contribution >= 0.6 is 15.9 Å². The molecule has 106 valence electrons. The number of hydrogen-bond acceptors (Lipinski definition) is 3. The minimum Gasteiger partial charge on any atom is -0.496 e. The van der Waals surface area contributed by atoms with Gasteiger partial charge >= 0.3 is 0 Å². The Labute approximate surface area is 128 Å². The summed E-state index contributed by atoms with van der Waals surface area (Å²) < 4.78 is 6.45.